The van der Waals surface area contributed by atoms with E-state index < -0.39 is 0 Å². The Morgan fingerprint density at radius 3 is 2.38 bits per heavy atom. The van der Waals surface area contributed by atoms with Crippen molar-refractivity contribution >= 4 is 17.9 Å². The van der Waals surface area contributed by atoms with Gasteiger partial charge in [0.2, 0.25) is 11.8 Å². The van der Waals surface area contributed by atoms with E-state index in [1.807, 2.05) is 54.6 Å². The molecule has 3 rings (SSSR count). The third-order valence-corrected chi connectivity index (χ3v) is 4.46. The molecule has 5 heteroatoms. The first-order chi connectivity index (χ1) is 12.6. The first-order valence-corrected chi connectivity index (χ1v) is 8.71. The molecule has 1 aliphatic rings. The summed E-state index contributed by atoms with van der Waals surface area (Å²) in [7, 11) is 0. The van der Waals surface area contributed by atoms with Gasteiger partial charge in [0, 0.05) is 25.1 Å². The second-order valence-electron chi connectivity index (χ2n) is 6.32. The zero-order valence-electron chi connectivity index (χ0n) is 14.5. The number of nitrogens with two attached hydrogens (primary N) is 1. The number of nitrogens with zero attached hydrogens (tertiary/aromatic N) is 1. The predicted molar refractivity (Wildman–Crippen MR) is 100 cm³/mol. The standard InChI is InChI=1S/C21H22N2O3/c22-21(25)17-11-13-23(14-12-17)20(24)10-9-16-5-4-8-19(15-16)26-18-6-2-1-3-7-18/h1-10,15,17H,11-14H2,(H2,22,25). The minimum Gasteiger partial charge on any atom is -0.457 e. The molecule has 0 spiro atoms. The van der Waals surface area contributed by atoms with Gasteiger partial charge in [0.1, 0.15) is 11.5 Å². The van der Waals surface area contributed by atoms with Gasteiger partial charge in [-0.1, -0.05) is 30.3 Å². The van der Waals surface area contributed by atoms with Crippen LogP contribution in [0.4, 0.5) is 0 Å². The van der Waals surface area contributed by atoms with Gasteiger partial charge in [0.05, 0.1) is 0 Å². The van der Waals surface area contributed by atoms with E-state index in [0.29, 0.717) is 31.7 Å². The second-order valence-corrected chi connectivity index (χ2v) is 6.32. The molecule has 0 aromatic heterocycles. The second kappa shape index (κ2) is 8.34. The number of carbonyl (C=O) groups excluding carboxylic acids is 2. The average Bonchev–Trinajstić information content (AvgIpc) is 2.67. The van der Waals surface area contributed by atoms with Gasteiger partial charge in [0.25, 0.3) is 0 Å². The molecule has 134 valence electrons. The number of piperidine rings is 1. The van der Waals surface area contributed by atoms with E-state index >= 15 is 0 Å². The molecular formula is C21H22N2O3. The number of carbonyl (C=O) groups is 2. The molecule has 1 saturated heterocycles. The zero-order valence-corrected chi connectivity index (χ0v) is 14.5. The highest BCUT2D eigenvalue weighted by Crippen LogP contribution is 2.22. The van der Waals surface area contributed by atoms with Crippen molar-refractivity contribution in [3.05, 3.63) is 66.2 Å². The summed E-state index contributed by atoms with van der Waals surface area (Å²) >= 11 is 0. The highest BCUT2D eigenvalue weighted by molar-refractivity contribution is 5.92. The largest absolute Gasteiger partial charge is 0.457 e. The quantitative estimate of drug-likeness (QED) is 0.842. The molecule has 0 bridgehead atoms. The van der Waals surface area contributed by atoms with Crippen LogP contribution in [-0.2, 0) is 9.59 Å². The lowest BCUT2D eigenvalue weighted by Crippen LogP contribution is -2.41. The van der Waals surface area contributed by atoms with Crippen LogP contribution < -0.4 is 10.5 Å². The van der Waals surface area contributed by atoms with Crippen molar-refractivity contribution in [1.82, 2.24) is 4.90 Å². The fourth-order valence-corrected chi connectivity index (χ4v) is 2.96. The van der Waals surface area contributed by atoms with Crippen LogP contribution in [-0.4, -0.2) is 29.8 Å². The molecule has 2 aromatic rings. The van der Waals surface area contributed by atoms with Crippen molar-refractivity contribution < 1.29 is 14.3 Å². The Balaban J connectivity index is 1.59. The van der Waals surface area contributed by atoms with E-state index in [-0.39, 0.29) is 17.7 Å². The van der Waals surface area contributed by atoms with Crippen molar-refractivity contribution in [3.63, 3.8) is 0 Å². The molecular weight excluding hydrogens is 328 g/mol. The first kappa shape index (κ1) is 17.7. The molecule has 26 heavy (non-hydrogen) atoms. The number of ether oxygens (including phenoxy) is 1. The molecule has 1 heterocycles. The Morgan fingerprint density at radius 1 is 1.00 bits per heavy atom. The van der Waals surface area contributed by atoms with Gasteiger partial charge >= 0.3 is 0 Å². The lowest BCUT2D eigenvalue weighted by Gasteiger charge is -2.29. The van der Waals surface area contributed by atoms with E-state index in [9.17, 15) is 9.59 Å². The van der Waals surface area contributed by atoms with Gasteiger partial charge in [-0.2, -0.15) is 0 Å². The fourth-order valence-electron chi connectivity index (χ4n) is 2.96. The Morgan fingerprint density at radius 2 is 1.69 bits per heavy atom. The van der Waals surface area contributed by atoms with E-state index in [2.05, 4.69) is 0 Å². The molecule has 2 N–H and O–H groups in total. The Labute approximate surface area is 153 Å². The van der Waals surface area contributed by atoms with Crippen molar-refractivity contribution in [2.45, 2.75) is 12.8 Å². The van der Waals surface area contributed by atoms with E-state index in [4.69, 9.17) is 10.5 Å². The van der Waals surface area contributed by atoms with Gasteiger partial charge in [-0.05, 0) is 48.7 Å². The molecule has 0 aliphatic carbocycles. The van der Waals surface area contributed by atoms with Crippen LogP contribution in [0.3, 0.4) is 0 Å². The van der Waals surface area contributed by atoms with Gasteiger partial charge in [-0.25, -0.2) is 0 Å². The van der Waals surface area contributed by atoms with Crippen LogP contribution in [0.15, 0.2) is 60.7 Å². The minimum absolute atomic E-state index is 0.0534. The van der Waals surface area contributed by atoms with Crippen LogP contribution in [0, 0.1) is 5.92 Å². The van der Waals surface area contributed by atoms with E-state index in [1.54, 1.807) is 17.1 Å². The first-order valence-electron chi connectivity index (χ1n) is 8.71. The van der Waals surface area contributed by atoms with Crippen molar-refractivity contribution in [2.24, 2.45) is 11.7 Å². The number of para-hydroxylation sites is 1. The Hall–Kier alpha value is -3.08. The van der Waals surface area contributed by atoms with Crippen molar-refractivity contribution in [2.75, 3.05) is 13.1 Å². The normalized spacial score (nSPS) is 15.2. The number of amides is 2. The van der Waals surface area contributed by atoms with Gasteiger partial charge in [0.15, 0.2) is 0 Å². The highest BCUT2D eigenvalue weighted by Gasteiger charge is 2.24. The smallest absolute Gasteiger partial charge is 0.246 e. The van der Waals surface area contributed by atoms with Crippen molar-refractivity contribution in [3.8, 4) is 11.5 Å². The van der Waals surface area contributed by atoms with Crippen LogP contribution in [0.1, 0.15) is 18.4 Å². The van der Waals surface area contributed by atoms with Gasteiger partial charge in [-0.15, -0.1) is 0 Å². The van der Waals surface area contributed by atoms with Crippen LogP contribution in [0.5, 0.6) is 11.5 Å². The number of hydrogen-bond donors (Lipinski definition) is 1. The van der Waals surface area contributed by atoms with E-state index in [1.165, 1.54) is 0 Å². The maximum absolute atomic E-state index is 12.3. The average molecular weight is 350 g/mol. The maximum Gasteiger partial charge on any atom is 0.246 e. The summed E-state index contributed by atoms with van der Waals surface area (Å²) in [4.78, 5) is 25.3. The lowest BCUT2D eigenvalue weighted by molar-refractivity contribution is -0.130. The number of hydrogen-bond acceptors (Lipinski definition) is 3. The van der Waals surface area contributed by atoms with Crippen LogP contribution in [0.25, 0.3) is 6.08 Å². The molecule has 0 saturated carbocycles. The maximum atomic E-state index is 12.3. The number of primary amides is 1. The monoisotopic (exact) mass is 350 g/mol. The molecule has 5 nitrogen and oxygen atoms in total. The fraction of sp³-hybridized carbons (Fsp3) is 0.238. The van der Waals surface area contributed by atoms with Crippen LogP contribution in [0.2, 0.25) is 0 Å². The topological polar surface area (TPSA) is 72.6 Å². The molecule has 0 unspecified atom stereocenters. The zero-order chi connectivity index (χ0) is 18.4. The highest BCUT2D eigenvalue weighted by atomic mass is 16.5. The summed E-state index contributed by atoms with van der Waals surface area (Å²) in [6.07, 6.45) is 4.61. The minimum atomic E-state index is -0.275. The third-order valence-electron chi connectivity index (χ3n) is 4.46. The summed E-state index contributed by atoms with van der Waals surface area (Å²) in [5, 5.41) is 0. The summed E-state index contributed by atoms with van der Waals surface area (Å²) in [6, 6.07) is 17.1. The molecule has 0 radical (unpaired) electrons. The van der Waals surface area contributed by atoms with Crippen molar-refractivity contribution in [1.29, 1.82) is 0 Å². The summed E-state index contributed by atoms with van der Waals surface area (Å²) in [6.45, 7) is 1.13. The molecule has 2 aromatic carbocycles. The summed E-state index contributed by atoms with van der Waals surface area (Å²) < 4.78 is 5.80. The molecule has 0 atom stereocenters. The van der Waals surface area contributed by atoms with Crippen LogP contribution >= 0.6 is 0 Å². The third kappa shape index (κ3) is 4.72. The Kier molecular flexibility index (Phi) is 5.69. The lowest BCUT2D eigenvalue weighted by atomic mass is 9.96. The van der Waals surface area contributed by atoms with Gasteiger partial charge < -0.3 is 15.4 Å². The number of rotatable bonds is 5. The molecule has 1 aliphatic heterocycles. The molecule has 2 amide bonds. The number of likely N-dealkylation sites (tertiary alicyclic amines) is 1. The summed E-state index contributed by atoms with van der Waals surface area (Å²) in [5.41, 5.74) is 6.21. The number of benzene rings is 2. The van der Waals surface area contributed by atoms with Gasteiger partial charge in [-0.3, -0.25) is 9.59 Å². The SMILES string of the molecule is NC(=O)C1CCN(C(=O)C=Cc2cccc(Oc3ccccc3)c2)CC1. The molecule has 1 fully saturated rings. The predicted octanol–water partition coefficient (Wildman–Crippen LogP) is 3.22. The van der Waals surface area contributed by atoms with E-state index in [0.717, 1.165) is 11.3 Å². The summed E-state index contributed by atoms with van der Waals surface area (Å²) in [5.74, 6) is 1.04. The Bertz CT molecular complexity index is 794.